The van der Waals surface area contributed by atoms with Crippen LogP contribution in [0.25, 0.3) is 0 Å². The molecule has 0 radical (unpaired) electrons. The van der Waals surface area contributed by atoms with Crippen molar-refractivity contribution in [2.24, 2.45) is 0 Å². The number of carboxylic acid groups (broad SMARTS) is 1. The molecule has 28 heavy (non-hydrogen) atoms. The third-order valence-corrected chi connectivity index (χ3v) is 5.32. The fourth-order valence-electron chi connectivity index (χ4n) is 2.19. The zero-order chi connectivity index (χ0) is 21.1. The van der Waals surface area contributed by atoms with Gasteiger partial charge in [-0.15, -0.1) is 4.72 Å². The average molecular weight is 412 g/mol. The second kappa shape index (κ2) is 8.85. The van der Waals surface area contributed by atoms with Gasteiger partial charge in [-0.05, 0) is 58.0 Å². The van der Waals surface area contributed by atoms with Crippen LogP contribution in [0, 0.1) is 12.7 Å². The molecule has 0 spiro atoms. The second-order valence-electron chi connectivity index (χ2n) is 7.14. The Morgan fingerprint density at radius 1 is 1.29 bits per heavy atom. The quantitative estimate of drug-likeness (QED) is 0.671. The number of carboxylic acids is 1. The Labute approximate surface area is 165 Å². The van der Waals surface area contributed by atoms with Gasteiger partial charge in [-0.1, -0.05) is 0 Å². The van der Waals surface area contributed by atoms with E-state index in [1.807, 2.05) is 0 Å². The molecule has 0 saturated heterocycles. The molecule has 2 unspecified atom stereocenters. The van der Waals surface area contributed by atoms with E-state index in [1.54, 1.807) is 39.8 Å². The summed E-state index contributed by atoms with van der Waals surface area (Å²) in [6.45, 7) is 6.68. The fourth-order valence-corrected chi connectivity index (χ4v) is 3.02. The lowest BCUT2D eigenvalue weighted by Gasteiger charge is -2.29. The molecule has 0 aliphatic heterocycles. The van der Waals surface area contributed by atoms with Gasteiger partial charge < -0.3 is 14.4 Å². The van der Waals surface area contributed by atoms with Crippen molar-refractivity contribution in [3.63, 3.8) is 0 Å². The number of carbonyl (C=O) groups is 1. The number of aromatic nitrogens is 1. The molecule has 0 bridgehead atoms. The molecular formula is C19H22F2N2O4S. The maximum absolute atomic E-state index is 14.4. The number of aliphatic carboxylic acids is 1. The van der Waals surface area contributed by atoms with Crippen molar-refractivity contribution in [1.29, 1.82) is 0 Å². The highest BCUT2D eigenvalue weighted by atomic mass is 32.2. The maximum atomic E-state index is 14.4. The lowest BCUT2D eigenvalue weighted by atomic mass is 10.0. The van der Waals surface area contributed by atoms with Crippen LogP contribution >= 0.6 is 0 Å². The van der Waals surface area contributed by atoms with Crippen molar-refractivity contribution < 1.29 is 28.0 Å². The Hall–Kier alpha value is -2.23. The molecule has 3 atom stereocenters. The molecule has 2 aromatic rings. The highest BCUT2D eigenvalue weighted by molar-refractivity contribution is 7.90. The summed E-state index contributed by atoms with van der Waals surface area (Å²) in [6, 6.07) is 5.25. The molecule has 0 fully saturated rings. The summed E-state index contributed by atoms with van der Waals surface area (Å²) in [5.41, 5.74) is 0.480. The van der Waals surface area contributed by atoms with Gasteiger partial charge in [-0.3, -0.25) is 4.98 Å². The van der Waals surface area contributed by atoms with E-state index < -0.39 is 40.1 Å². The molecule has 0 aliphatic carbocycles. The van der Waals surface area contributed by atoms with Gasteiger partial charge in [0.15, 0.2) is 0 Å². The summed E-state index contributed by atoms with van der Waals surface area (Å²) in [5.74, 6) is -2.10. The highest BCUT2D eigenvalue weighted by Gasteiger charge is 2.38. The molecule has 2 N–H and O–H groups in total. The molecule has 0 saturated carbocycles. The number of aryl methyl sites for hydroxylation is 1. The van der Waals surface area contributed by atoms with Crippen LogP contribution in [0.15, 0.2) is 36.5 Å². The molecule has 6 nitrogen and oxygen atoms in total. The van der Waals surface area contributed by atoms with Crippen LogP contribution in [-0.2, 0) is 16.2 Å². The van der Waals surface area contributed by atoms with Gasteiger partial charge in [-0.2, -0.15) is 0 Å². The Bertz CT molecular complexity index is 828. The predicted octanol–water partition coefficient (Wildman–Crippen LogP) is 3.84. The zero-order valence-electron chi connectivity index (χ0n) is 15.9. The van der Waals surface area contributed by atoms with E-state index in [2.05, 4.69) is 9.71 Å². The summed E-state index contributed by atoms with van der Waals surface area (Å²) in [7, 11) is 0. The molecule has 0 aliphatic rings. The third-order valence-electron chi connectivity index (χ3n) is 3.74. The van der Waals surface area contributed by atoms with Gasteiger partial charge in [0.25, 0.3) is 0 Å². The van der Waals surface area contributed by atoms with Crippen molar-refractivity contribution in [2.75, 3.05) is 0 Å². The fraction of sp³-hybridized carbons (Fsp3) is 0.368. The van der Waals surface area contributed by atoms with E-state index in [0.717, 1.165) is 11.8 Å². The van der Waals surface area contributed by atoms with Crippen molar-refractivity contribution in [2.45, 2.75) is 44.7 Å². The molecule has 1 aromatic carbocycles. The van der Waals surface area contributed by atoms with Crippen LogP contribution in [0.2, 0.25) is 0 Å². The summed E-state index contributed by atoms with van der Waals surface area (Å²) < 4.78 is 48.4. The molecule has 1 aromatic heterocycles. The van der Waals surface area contributed by atoms with Crippen molar-refractivity contribution >= 4 is 17.3 Å². The van der Waals surface area contributed by atoms with Crippen LogP contribution in [0.1, 0.15) is 38.1 Å². The summed E-state index contributed by atoms with van der Waals surface area (Å²) >= 11 is -1.83. The van der Waals surface area contributed by atoms with Gasteiger partial charge in [0.1, 0.15) is 28.1 Å². The largest absolute Gasteiger partial charge is 0.598 e. The number of hydrogen-bond acceptors (Lipinski definition) is 5. The minimum atomic E-state index is -2.52. The number of pyridine rings is 1. The molecule has 1 heterocycles. The SMILES string of the molecule is Cc1ccc(Oc2ccc(F)c(C(N[S@+]([O-])C(C)(C)C)C(F)C(=O)O)c2)cn1. The van der Waals surface area contributed by atoms with Crippen LogP contribution in [0.3, 0.4) is 0 Å². The number of alkyl halides is 1. The van der Waals surface area contributed by atoms with E-state index >= 15 is 0 Å². The zero-order valence-corrected chi connectivity index (χ0v) is 16.7. The first-order chi connectivity index (χ1) is 13.0. The first kappa shape index (κ1) is 22.1. The predicted molar refractivity (Wildman–Crippen MR) is 102 cm³/mol. The van der Waals surface area contributed by atoms with Gasteiger partial charge >= 0.3 is 5.97 Å². The highest BCUT2D eigenvalue weighted by Crippen LogP contribution is 2.31. The van der Waals surface area contributed by atoms with E-state index in [4.69, 9.17) is 9.84 Å². The van der Waals surface area contributed by atoms with Crippen molar-refractivity contribution in [3.05, 3.63) is 53.6 Å². The number of rotatable bonds is 7. The van der Waals surface area contributed by atoms with E-state index in [-0.39, 0.29) is 11.3 Å². The van der Waals surface area contributed by atoms with Crippen molar-refractivity contribution in [1.82, 2.24) is 9.71 Å². The Morgan fingerprint density at radius 3 is 2.46 bits per heavy atom. The average Bonchev–Trinajstić information content (AvgIpc) is 2.61. The van der Waals surface area contributed by atoms with Crippen LogP contribution in [0.5, 0.6) is 11.5 Å². The van der Waals surface area contributed by atoms with E-state index in [0.29, 0.717) is 5.75 Å². The standard InChI is InChI=1S/C19H22F2N2O4S/c1-11-5-6-13(10-22-11)27-12-7-8-15(20)14(9-12)17(16(21)18(24)25)23-28(26)19(2,3)4/h5-10,16-17,23H,1-4H3,(H,24,25)/t16?,17?,28-/m1/s1. The smallest absolute Gasteiger partial charge is 0.340 e. The Morgan fingerprint density at radius 2 is 1.93 bits per heavy atom. The molecule has 2 rings (SSSR count). The maximum Gasteiger partial charge on any atom is 0.340 e. The van der Waals surface area contributed by atoms with Crippen LogP contribution in [-0.4, -0.2) is 31.5 Å². The number of hydrogen-bond donors (Lipinski definition) is 2. The monoisotopic (exact) mass is 412 g/mol. The first-order valence-electron chi connectivity index (χ1n) is 8.44. The van der Waals surface area contributed by atoms with Crippen molar-refractivity contribution in [3.8, 4) is 11.5 Å². The minimum absolute atomic E-state index is 0.160. The normalized spacial score (nSPS) is 15.0. The number of ether oxygens (including phenoxy) is 1. The minimum Gasteiger partial charge on any atom is -0.598 e. The molecule has 152 valence electrons. The summed E-state index contributed by atoms with van der Waals surface area (Å²) in [4.78, 5) is 15.3. The lowest BCUT2D eigenvalue weighted by molar-refractivity contribution is -0.143. The topological polar surface area (TPSA) is 94.5 Å². The molecular weight excluding hydrogens is 390 g/mol. The summed E-state index contributed by atoms with van der Waals surface area (Å²) in [5, 5.41) is 9.07. The van der Waals surface area contributed by atoms with Gasteiger partial charge in [-0.25, -0.2) is 13.6 Å². The third kappa shape index (κ3) is 5.63. The summed E-state index contributed by atoms with van der Waals surface area (Å²) in [6.07, 6.45) is -1.05. The van der Waals surface area contributed by atoms with Crippen LogP contribution < -0.4 is 9.46 Å². The van der Waals surface area contributed by atoms with Gasteiger partial charge in [0.05, 0.1) is 6.20 Å². The number of nitrogens with zero attached hydrogens (tertiary/aromatic N) is 1. The van der Waals surface area contributed by atoms with Crippen LogP contribution in [0.4, 0.5) is 8.78 Å². The Kier molecular flexibility index (Phi) is 6.97. The number of halogens is 2. The first-order valence-corrected chi connectivity index (χ1v) is 9.59. The van der Waals surface area contributed by atoms with Gasteiger partial charge in [0, 0.05) is 22.6 Å². The molecule has 9 heteroatoms. The van der Waals surface area contributed by atoms with E-state index in [1.165, 1.54) is 18.3 Å². The Balaban J connectivity index is 2.38. The van der Waals surface area contributed by atoms with Gasteiger partial charge in [0.2, 0.25) is 6.17 Å². The number of benzene rings is 1. The van der Waals surface area contributed by atoms with E-state index in [9.17, 15) is 18.1 Å². The number of nitrogens with one attached hydrogen (secondary N) is 1. The second-order valence-corrected chi connectivity index (χ2v) is 9.14. The molecule has 0 amide bonds. The lowest BCUT2D eigenvalue weighted by Crippen LogP contribution is -2.45.